The van der Waals surface area contributed by atoms with Gasteiger partial charge in [0.1, 0.15) is 0 Å². The molecule has 0 radical (unpaired) electrons. The van der Waals surface area contributed by atoms with Gasteiger partial charge in [0.05, 0.1) is 18.3 Å². The van der Waals surface area contributed by atoms with Crippen molar-refractivity contribution in [3.63, 3.8) is 0 Å². The molecule has 0 aliphatic heterocycles. The maximum atomic E-state index is 10.9. The first-order valence-electron chi connectivity index (χ1n) is 11.3. The molecule has 4 saturated carbocycles. The molecule has 0 saturated heterocycles. The minimum absolute atomic E-state index is 0.158. The predicted octanol–water partition coefficient (Wildman–Crippen LogP) is 4.40. The molecule has 9 atom stereocenters. The lowest BCUT2D eigenvalue weighted by Gasteiger charge is -2.61. The van der Waals surface area contributed by atoms with Crippen LogP contribution in [0.5, 0.6) is 0 Å². The predicted molar refractivity (Wildman–Crippen MR) is 104 cm³/mol. The standard InChI is InChI=1S/C23H40O3/c1-15(24)20-5-4-6-21-19-8-7-16-13-23(25,14-26-3)12-10-17(16)18(19)9-11-22(20,21)2/h15-21,24-25H,4-14H2,1-3H3/t15?,16-,17+,18-,19-,20?,21+,22-,23-/m1/s1. The zero-order valence-electron chi connectivity index (χ0n) is 17.1. The maximum Gasteiger partial charge on any atom is 0.0882 e. The SMILES string of the molecule is COC[C@@]1(O)CC[C@H]2[C@H](CC[C@@H]3[C@@H]2CC[C@]2(C)C(C(C)O)CCC[C@@H]32)C1. The Morgan fingerprint density at radius 1 is 1.00 bits per heavy atom. The van der Waals surface area contributed by atoms with Crippen LogP contribution in [0.15, 0.2) is 0 Å². The van der Waals surface area contributed by atoms with E-state index in [9.17, 15) is 10.2 Å². The smallest absolute Gasteiger partial charge is 0.0882 e. The Balaban J connectivity index is 1.51. The van der Waals surface area contributed by atoms with Crippen LogP contribution in [0.25, 0.3) is 0 Å². The molecule has 4 fully saturated rings. The summed E-state index contributed by atoms with van der Waals surface area (Å²) in [5, 5.41) is 21.3. The van der Waals surface area contributed by atoms with Crippen molar-refractivity contribution in [3.8, 4) is 0 Å². The summed E-state index contributed by atoms with van der Waals surface area (Å²) in [7, 11) is 1.71. The van der Waals surface area contributed by atoms with Crippen molar-refractivity contribution in [1.29, 1.82) is 0 Å². The van der Waals surface area contributed by atoms with E-state index in [1.807, 2.05) is 6.92 Å². The summed E-state index contributed by atoms with van der Waals surface area (Å²) < 4.78 is 5.32. The fourth-order valence-electron chi connectivity index (χ4n) is 8.39. The van der Waals surface area contributed by atoms with Gasteiger partial charge in [0, 0.05) is 7.11 Å². The van der Waals surface area contributed by atoms with Crippen LogP contribution in [-0.2, 0) is 4.74 Å². The number of aliphatic hydroxyl groups excluding tert-OH is 1. The number of ether oxygens (including phenoxy) is 1. The lowest BCUT2D eigenvalue weighted by Crippen LogP contribution is -2.55. The molecule has 0 spiro atoms. The fourth-order valence-corrected chi connectivity index (χ4v) is 8.39. The molecular weight excluding hydrogens is 324 g/mol. The monoisotopic (exact) mass is 364 g/mol. The molecule has 0 aromatic heterocycles. The highest BCUT2D eigenvalue weighted by atomic mass is 16.5. The van der Waals surface area contributed by atoms with Crippen LogP contribution in [0, 0.1) is 40.9 Å². The minimum atomic E-state index is -0.575. The van der Waals surface area contributed by atoms with Crippen molar-refractivity contribution < 1.29 is 14.9 Å². The number of methoxy groups -OCH3 is 1. The van der Waals surface area contributed by atoms with Crippen molar-refractivity contribution in [2.45, 2.75) is 89.8 Å². The van der Waals surface area contributed by atoms with Crippen LogP contribution in [0.2, 0.25) is 0 Å². The van der Waals surface area contributed by atoms with Crippen LogP contribution in [0.1, 0.15) is 78.1 Å². The quantitative estimate of drug-likeness (QED) is 0.780. The Morgan fingerprint density at radius 2 is 1.77 bits per heavy atom. The van der Waals surface area contributed by atoms with Gasteiger partial charge in [0.25, 0.3) is 0 Å². The van der Waals surface area contributed by atoms with E-state index in [4.69, 9.17) is 4.74 Å². The highest BCUT2D eigenvalue weighted by molar-refractivity contribution is 5.06. The van der Waals surface area contributed by atoms with Crippen molar-refractivity contribution >= 4 is 0 Å². The molecule has 4 aliphatic rings. The zero-order chi connectivity index (χ0) is 18.5. The second kappa shape index (κ2) is 7.04. The van der Waals surface area contributed by atoms with E-state index in [1.54, 1.807) is 7.11 Å². The number of hydrogen-bond acceptors (Lipinski definition) is 3. The minimum Gasteiger partial charge on any atom is -0.393 e. The van der Waals surface area contributed by atoms with Crippen LogP contribution in [0.4, 0.5) is 0 Å². The third-order valence-electron chi connectivity index (χ3n) is 9.41. The summed E-state index contributed by atoms with van der Waals surface area (Å²) in [6.07, 6.45) is 12.1. The van der Waals surface area contributed by atoms with Gasteiger partial charge in [0.15, 0.2) is 0 Å². The van der Waals surface area contributed by atoms with Gasteiger partial charge in [-0.05, 0) is 106 Å². The maximum absolute atomic E-state index is 10.9. The average molecular weight is 365 g/mol. The van der Waals surface area contributed by atoms with E-state index in [2.05, 4.69) is 6.92 Å². The molecule has 3 nitrogen and oxygen atoms in total. The van der Waals surface area contributed by atoms with Gasteiger partial charge < -0.3 is 14.9 Å². The summed E-state index contributed by atoms with van der Waals surface area (Å²) >= 11 is 0. The van der Waals surface area contributed by atoms with E-state index >= 15 is 0 Å². The first-order valence-corrected chi connectivity index (χ1v) is 11.3. The Hall–Kier alpha value is -0.120. The van der Waals surface area contributed by atoms with Gasteiger partial charge in [-0.3, -0.25) is 0 Å². The van der Waals surface area contributed by atoms with Crippen LogP contribution in [-0.4, -0.2) is 35.6 Å². The Bertz CT molecular complexity index is 506. The zero-order valence-corrected chi connectivity index (χ0v) is 17.1. The van der Waals surface area contributed by atoms with Gasteiger partial charge in [-0.1, -0.05) is 13.3 Å². The third kappa shape index (κ3) is 3.06. The summed E-state index contributed by atoms with van der Waals surface area (Å²) in [5.74, 6) is 4.57. The summed E-state index contributed by atoms with van der Waals surface area (Å²) in [6.45, 7) is 5.04. The lowest BCUT2D eigenvalue weighted by molar-refractivity contribution is -0.151. The normalized spacial score (nSPS) is 52.5. The molecular formula is C23H40O3. The highest BCUT2D eigenvalue weighted by Crippen LogP contribution is 2.63. The van der Waals surface area contributed by atoms with E-state index in [0.717, 1.165) is 36.5 Å². The van der Waals surface area contributed by atoms with Crippen molar-refractivity contribution in [2.24, 2.45) is 40.9 Å². The third-order valence-corrected chi connectivity index (χ3v) is 9.41. The summed E-state index contributed by atoms with van der Waals surface area (Å²) in [6, 6.07) is 0. The van der Waals surface area contributed by atoms with Gasteiger partial charge in [0.2, 0.25) is 0 Å². The molecule has 26 heavy (non-hydrogen) atoms. The van der Waals surface area contributed by atoms with Crippen molar-refractivity contribution in [2.75, 3.05) is 13.7 Å². The van der Waals surface area contributed by atoms with Crippen LogP contribution >= 0.6 is 0 Å². The fraction of sp³-hybridized carbons (Fsp3) is 1.00. The van der Waals surface area contributed by atoms with Crippen molar-refractivity contribution in [1.82, 2.24) is 0 Å². The number of hydrogen-bond donors (Lipinski definition) is 2. The van der Waals surface area contributed by atoms with Gasteiger partial charge >= 0.3 is 0 Å². The van der Waals surface area contributed by atoms with Gasteiger partial charge in [-0.15, -0.1) is 0 Å². The molecule has 3 heteroatoms. The Kier molecular flexibility index (Phi) is 5.20. The Morgan fingerprint density at radius 3 is 2.50 bits per heavy atom. The summed E-state index contributed by atoms with van der Waals surface area (Å²) in [5.41, 5.74) is -0.222. The molecule has 0 aromatic rings. The van der Waals surface area contributed by atoms with E-state index in [0.29, 0.717) is 23.9 Å². The molecule has 0 aromatic carbocycles. The number of fused-ring (bicyclic) bond motifs is 5. The van der Waals surface area contributed by atoms with E-state index in [-0.39, 0.29) is 6.10 Å². The number of rotatable bonds is 3. The van der Waals surface area contributed by atoms with Crippen LogP contribution < -0.4 is 0 Å². The topological polar surface area (TPSA) is 49.7 Å². The average Bonchev–Trinajstić information content (AvgIpc) is 2.59. The molecule has 0 bridgehead atoms. The molecule has 4 aliphatic carbocycles. The number of aliphatic hydroxyl groups is 2. The first-order chi connectivity index (χ1) is 12.4. The largest absolute Gasteiger partial charge is 0.393 e. The molecule has 2 N–H and O–H groups in total. The Labute approximate surface area is 159 Å². The molecule has 0 amide bonds. The molecule has 2 unspecified atom stereocenters. The van der Waals surface area contributed by atoms with Gasteiger partial charge in [-0.25, -0.2) is 0 Å². The van der Waals surface area contributed by atoms with Crippen molar-refractivity contribution in [3.05, 3.63) is 0 Å². The first kappa shape index (κ1) is 19.2. The highest BCUT2D eigenvalue weighted by Gasteiger charge is 2.56. The van der Waals surface area contributed by atoms with Gasteiger partial charge in [-0.2, -0.15) is 0 Å². The second-order valence-corrected chi connectivity index (χ2v) is 10.7. The lowest BCUT2D eigenvalue weighted by atomic mass is 9.44. The molecule has 4 rings (SSSR count). The molecule has 150 valence electrons. The van der Waals surface area contributed by atoms with E-state index in [1.165, 1.54) is 51.4 Å². The summed E-state index contributed by atoms with van der Waals surface area (Å²) in [4.78, 5) is 0. The molecule has 0 heterocycles. The second-order valence-electron chi connectivity index (χ2n) is 10.7. The van der Waals surface area contributed by atoms with Crippen LogP contribution in [0.3, 0.4) is 0 Å². The van der Waals surface area contributed by atoms with E-state index < -0.39 is 5.60 Å².